The predicted octanol–water partition coefficient (Wildman–Crippen LogP) is 0.730. The number of hydrogen-bond donors (Lipinski definition) is 3. The Morgan fingerprint density at radius 1 is 1.15 bits per heavy atom. The van der Waals surface area contributed by atoms with Crippen LogP contribution in [0.15, 0.2) is 24.3 Å². The van der Waals surface area contributed by atoms with E-state index < -0.39 is 29.5 Å². The van der Waals surface area contributed by atoms with E-state index in [9.17, 15) is 19.5 Å². The van der Waals surface area contributed by atoms with Crippen molar-refractivity contribution in [3.8, 4) is 0 Å². The monoisotopic (exact) mass is 369 g/mol. The first-order chi connectivity index (χ1) is 13.0. The van der Waals surface area contributed by atoms with Crippen LogP contribution in [0.2, 0.25) is 0 Å². The SMILES string of the molecule is CC(O)C1NC2(C(=O)Nc3ccccc32)C2C(=O)N(C3CCCC3)C(=O)C12. The number of nitrogens with zero attached hydrogens (tertiary/aromatic N) is 1. The third-order valence-corrected chi connectivity index (χ3v) is 6.80. The Balaban J connectivity index is 1.66. The predicted molar refractivity (Wildman–Crippen MR) is 96.4 cm³/mol. The van der Waals surface area contributed by atoms with E-state index in [2.05, 4.69) is 10.6 Å². The van der Waals surface area contributed by atoms with Crippen LogP contribution < -0.4 is 10.6 Å². The normalized spacial score (nSPS) is 36.4. The number of rotatable bonds is 2. The van der Waals surface area contributed by atoms with Crippen LogP contribution in [0.5, 0.6) is 0 Å². The number of anilines is 1. The molecule has 3 amide bonds. The molecule has 1 aliphatic carbocycles. The lowest BCUT2D eigenvalue weighted by atomic mass is 9.76. The molecule has 5 unspecified atom stereocenters. The van der Waals surface area contributed by atoms with Gasteiger partial charge in [0.2, 0.25) is 17.7 Å². The second-order valence-corrected chi connectivity index (χ2v) is 8.21. The quantitative estimate of drug-likeness (QED) is 0.668. The molecule has 1 aromatic carbocycles. The standard InChI is InChI=1S/C20H23N3O4/c1-10(24)16-14-15(18(26)23(17(14)25)11-6-2-3-7-11)20(22-16)12-8-4-5-9-13(12)21-19(20)27/h4-5,8-11,14-16,22,24H,2-3,6-7H2,1H3,(H,21,27). The highest BCUT2D eigenvalue weighted by Gasteiger charge is 2.71. The summed E-state index contributed by atoms with van der Waals surface area (Å²) >= 11 is 0. The van der Waals surface area contributed by atoms with Gasteiger partial charge in [0.05, 0.1) is 17.9 Å². The summed E-state index contributed by atoms with van der Waals surface area (Å²) in [7, 11) is 0. The average molecular weight is 369 g/mol. The zero-order valence-electron chi connectivity index (χ0n) is 15.1. The number of nitrogens with one attached hydrogen (secondary N) is 2. The number of fused-ring (bicyclic) bond motifs is 4. The number of hydrogen-bond acceptors (Lipinski definition) is 5. The molecule has 3 fully saturated rings. The lowest BCUT2D eigenvalue weighted by molar-refractivity contribution is -0.145. The van der Waals surface area contributed by atoms with Gasteiger partial charge in [-0.15, -0.1) is 0 Å². The summed E-state index contributed by atoms with van der Waals surface area (Å²) < 4.78 is 0. The smallest absolute Gasteiger partial charge is 0.250 e. The van der Waals surface area contributed by atoms with Crippen LogP contribution in [-0.2, 0) is 19.9 Å². The molecule has 2 saturated heterocycles. The van der Waals surface area contributed by atoms with Gasteiger partial charge in [0.15, 0.2) is 0 Å². The molecule has 5 atom stereocenters. The number of aliphatic hydroxyl groups is 1. The topological polar surface area (TPSA) is 98.7 Å². The summed E-state index contributed by atoms with van der Waals surface area (Å²) in [5.41, 5.74) is 0.0327. The molecule has 0 bridgehead atoms. The van der Waals surface area contributed by atoms with Crippen molar-refractivity contribution in [1.82, 2.24) is 10.2 Å². The zero-order valence-corrected chi connectivity index (χ0v) is 15.1. The molecule has 5 rings (SSSR count). The third kappa shape index (κ3) is 2.01. The van der Waals surface area contributed by atoms with Gasteiger partial charge < -0.3 is 10.4 Å². The Hall–Kier alpha value is -2.25. The van der Waals surface area contributed by atoms with E-state index in [4.69, 9.17) is 0 Å². The van der Waals surface area contributed by atoms with Crippen molar-refractivity contribution in [2.45, 2.75) is 56.3 Å². The summed E-state index contributed by atoms with van der Waals surface area (Å²) in [5.74, 6) is -2.40. The Bertz CT molecular complexity index is 847. The maximum atomic E-state index is 13.5. The highest BCUT2D eigenvalue weighted by Crippen LogP contribution is 2.54. The number of benzene rings is 1. The molecular weight excluding hydrogens is 346 g/mol. The number of likely N-dealkylation sites (tertiary alicyclic amines) is 1. The minimum atomic E-state index is -1.30. The largest absolute Gasteiger partial charge is 0.392 e. The molecule has 0 aromatic heterocycles. The van der Waals surface area contributed by atoms with Gasteiger partial charge >= 0.3 is 0 Å². The highest BCUT2D eigenvalue weighted by molar-refractivity contribution is 6.15. The first kappa shape index (κ1) is 16.9. The number of carbonyl (C=O) groups excluding carboxylic acids is 3. The van der Waals surface area contributed by atoms with E-state index in [0.717, 1.165) is 25.7 Å². The van der Waals surface area contributed by atoms with Gasteiger partial charge in [-0.2, -0.15) is 0 Å². The van der Waals surface area contributed by atoms with E-state index in [1.54, 1.807) is 13.0 Å². The first-order valence-electron chi connectivity index (χ1n) is 9.70. The molecule has 4 aliphatic rings. The van der Waals surface area contributed by atoms with Crippen molar-refractivity contribution >= 4 is 23.4 Å². The summed E-state index contributed by atoms with van der Waals surface area (Å²) in [5, 5.41) is 16.4. The van der Waals surface area contributed by atoms with E-state index in [-0.39, 0.29) is 23.8 Å². The Kier molecular flexibility index (Phi) is 3.52. The molecule has 27 heavy (non-hydrogen) atoms. The molecule has 7 nitrogen and oxygen atoms in total. The molecule has 1 spiro atoms. The van der Waals surface area contributed by atoms with Crippen molar-refractivity contribution in [2.75, 3.05) is 5.32 Å². The number of amides is 3. The van der Waals surface area contributed by atoms with Gasteiger partial charge in [0.25, 0.3) is 0 Å². The van der Waals surface area contributed by atoms with Crippen LogP contribution in [-0.4, -0.2) is 45.9 Å². The lowest BCUT2D eigenvalue weighted by Crippen LogP contribution is -2.55. The van der Waals surface area contributed by atoms with E-state index in [1.807, 2.05) is 18.2 Å². The van der Waals surface area contributed by atoms with Gasteiger partial charge in [-0.05, 0) is 25.8 Å². The Labute approximate surface area is 157 Å². The van der Waals surface area contributed by atoms with E-state index >= 15 is 0 Å². The Morgan fingerprint density at radius 2 is 1.85 bits per heavy atom. The van der Waals surface area contributed by atoms with Crippen LogP contribution in [0.1, 0.15) is 38.2 Å². The van der Waals surface area contributed by atoms with Crippen molar-refractivity contribution in [1.29, 1.82) is 0 Å². The molecular formula is C20H23N3O4. The van der Waals surface area contributed by atoms with Crippen molar-refractivity contribution in [3.05, 3.63) is 29.8 Å². The van der Waals surface area contributed by atoms with Gasteiger partial charge in [0, 0.05) is 23.3 Å². The summed E-state index contributed by atoms with van der Waals surface area (Å²) in [6, 6.07) is 6.53. The molecule has 1 saturated carbocycles. The fourth-order valence-corrected chi connectivity index (χ4v) is 5.65. The maximum absolute atomic E-state index is 13.5. The van der Waals surface area contributed by atoms with Crippen LogP contribution in [0.4, 0.5) is 5.69 Å². The molecule has 0 radical (unpaired) electrons. The summed E-state index contributed by atoms with van der Waals surface area (Å²) in [6.45, 7) is 1.60. The van der Waals surface area contributed by atoms with Crippen molar-refractivity contribution in [2.24, 2.45) is 11.8 Å². The molecule has 7 heteroatoms. The van der Waals surface area contributed by atoms with Gasteiger partial charge in [-0.3, -0.25) is 24.6 Å². The fourth-order valence-electron chi connectivity index (χ4n) is 5.65. The zero-order chi connectivity index (χ0) is 18.9. The summed E-state index contributed by atoms with van der Waals surface area (Å²) in [6.07, 6.45) is 2.78. The second kappa shape index (κ2) is 5.62. The third-order valence-electron chi connectivity index (χ3n) is 6.80. The number of carbonyl (C=O) groups is 3. The molecule has 142 valence electrons. The minimum absolute atomic E-state index is 0.0815. The van der Waals surface area contributed by atoms with Crippen LogP contribution >= 0.6 is 0 Å². The maximum Gasteiger partial charge on any atom is 0.250 e. The number of imide groups is 1. The highest BCUT2D eigenvalue weighted by atomic mass is 16.3. The molecule has 3 aliphatic heterocycles. The first-order valence-corrected chi connectivity index (χ1v) is 9.70. The van der Waals surface area contributed by atoms with Gasteiger partial charge in [-0.1, -0.05) is 31.0 Å². The van der Waals surface area contributed by atoms with Crippen LogP contribution in [0.3, 0.4) is 0 Å². The van der Waals surface area contributed by atoms with E-state index in [0.29, 0.717) is 11.3 Å². The Morgan fingerprint density at radius 3 is 2.56 bits per heavy atom. The van der Waals surface area contributed by atoms with Crippen LogP contribution in [0.25, 0.3) is 0 Å². The molecule has 3 heterocycles. The average Bonchev–Trinajstić information content (AvgIpc) is 3.37. The minimum Gasteiger partial charge on any atom is -0.392 e. The second-order valence-electron chi connectivity index (χ2n) is 8.21. The summed E-state index contributed by atoms with van der Waals surface area (Å²) in [4.78, 5) is 41.3. The van der Waals surface area contributed by atoms with Gasteiger partial charge in [-0.25, -0.2) is 0 Å². The molecule has 3 N–H and O–H groups in total. The van der Waals surface area contributed by atoms with Crippen molar-refractivity contribution < 1.29 is 19.5 Å². The molecule has 1 aromatic rings. The fraction of sp³-hybridized carbons (Fsp3) is 0.550. The number of aliphatic hydroxyl groups excluding tert-OH is 1. The number of para-hydroxylation sites is 1. The lowest BCUT2D eigenvalue weighted by Gasteiger charge is -2.31. The van der Waals surface area contributed by atoms with Crippen LogP contribution in [0, 0.1) is 11.8 Å². The van der Waals surface area contributed by atoms with Gasteiger partial charge in [0.1, 0.15) is 5.54 Å². The van der Waals surface area contributed by atoms with E-state index in [1.165, 1.54) is 4.90 Å². The van der Waals surface area contributed by atoms with Crippen molar-refractivity contribution in [3.63, 3.8) is 0 Å².